The Balaban J connectivity index is 2.87. The van der Waals surface area contributed by atoms with Crippen LogP contribution in [0.15, 0.2) is 18.3 Å². The fraction of sp³-hybridized carbons (Fsp3) is 0.250. The number of Topliss-reactive ketones (excluding diaryl/α,β-unsaturated/α-hetero) is 1. The van der Waals surface area contributed by atoms with Gasteiger partial charge in [0.25, 0.3) is 6.43 Å². The second kappa shape index (κ2) is 4.41. The smallest absolute Gasteiger partial charge is 0.280 e. The molecule has 0 bridgehead atoms. The molecule has 2 nitrogen and oxygen atoms in total. The summed E-state index contributed by atoms with van der Waals surface area (Å²) in [6, 6.07) is 2.50. The van der Waals surface area contributed by atoms with Crippen molar-refractivity contribution in [1.29, 1.82) is 0 Å². The zero-order chi connectivity index (χ0) is 9.84. The Morgan fingerprint density at radius 2 is 2.23 bits per heavy atom. The van der Waals surface area contributed by atoms with E-state index in [-0.39, 0.29) is 16.8 Å². The number of ketones is 1. The highest BCUT2D eigenvalue weighted by atomic mass is 79.9. The summed E-state index contributed by atoms with van der Waals surface area (Å²) < 4.78 is 24.1. The van der Waals surface area contributed by atoms with Crippen molar-refractivity contribution >= 4 is 21.7 Å². The van der Waals surface area contributed by atoms with Crippen molar-refractivity contribution in [2.75, 3.05) is 5.33 Å². The molecule has 5 heteroatoms. The lowest BCUT2D eigenvalue weighted by Crippen LogP contribution is -2.01. The number of carbonyl (C=O) groups is 1. The second-order valence-electron chi connectivity index (χ2n) is 2.33. The number of alkyl halides is 3. The molecule has 0 saturated carbocycles. The van der Waals surface area contributed by atoms with E-state index in [9.17, 15) is 13.6 Å². The highest BCUT2D eigenvalue weighted by Crippen LogP contribution is 2.15. The van der Waals surface area contributed by atoms with Crippen LogP contribution in [0.4, 0.5) is 8.78 Å². The molecule has 0 amide bonds. The number of nitrogens with zero attached hydrogens (tertiary/aromatic N) is 1. The molecule has 1 aromatic rings. The molecule has 1 rings (SSSR count). The molecule has 0 radical (unpaired) electrons. The van der Waals surface area contributed by atoms with E-state index >= 15 is 0 Å². The molecule has 0 aromatic carbocycles. The molecule has 0 aliphatic heterocycles. The highest BCUT2D eigenvalue weighted by molar-refractivity contribution is 9.09. The van der Waals surface area contributed by atoms with Gasteiger partial charge in [-0.25, -0.2) is 8.78 Å². The molecule has 0 unspecified atom stereocenters. The number of halogens is 3. The van der Waals surface area contributed by atoms with Crippen molar-refractivity contribution in [2.24, 2.45) is 0 Å². The van der Waals surface area contributed by atoms with Gasteiger partial charge in [-0.1, -0.05) is 15.9 Å². The lowest BCUT2D eigenvalue weighted by atomic mass is 10.2. The zero-order valence-electron chi connectivity index (χ0n) is 6.51. The maximum Gasteiger partial charge on any atom is 0.280 e. The van der Waals surface area contributed by atoms with Gasteiger partial charge in [0, 0.05) is 11.8 Å². The van der Waals surface area contributed by atoms with Crippen LogP contribution in [0.3, 0.4) is 0 Å². The fourth-order valence-corrected chi connectivity index (χ4v) is 1.10. The third kappa shape index (κ3) is 2.55. The summed E-state index contributed by atoms with van der Waals surface area (Å²) in [5.74, 6) is -0.173. The molecule has 0 spiro atoms. The van der Waals surface area contributed by atoms with Gasteiger partial charge < -0.3 is 0 Å². The van der Waals surface area contributed by atoms with E-state index < -0.39 is 6.43 Å². The van der Waals surface area contributed by atoms with Crippen molar-refractivity contribution in [1.82, 2.24) is 4.98 Å². The van der Waals surface area contributed by atoms with Crippen LogP contribution in [0.25, 0.3) is 0 Å². The van der Waals surface area contributed by atoms with Crippen LogP contribution in [-0.4, -0.2) is 16.1 Å². The van der Waals surface area contributed by atoms with E-state index in [4.69, 9.17) is 0 Å². The maximum atomic E-state index is 12.0. The van der Waals surface area contributed by atoms with E-state index in [2.05, 4.69) is 20.9 Å². The number of hydrogen-bond acceptors (Lipinski definition) is 2. The minimum Gasteiger partial charge on any atom is -0.293 e. The van der Waals surface area contributed by atoms with Crippen molar-refractivity contribution in [2.45, 2.75) is 6.43 Å². The predicted octanol–water partition coefficient (Wildman–Crippen LogP) is 2.60. The van der Waals surface area contributed by atoms with Gasteiger partial charge in [0.1, 0.15) is 5.69 Å². The second-order valence-corrected chi connectivity index (χ2v) is 2.89. The molecule has 1 aromatic heterocycles. The first-order chi connectivity index (χ1) is 6.15. The molecule has 13 heavy (non-hydrogen) atoms. The first-order valence-electron chi connectivity index (χ1n) is 3.48. The van der Waals surface area contributed by atoms with E-state index in [1.54, 1.807) is 0 Å². The Bertz CT molecular complexity index is 300. The third-order valence-electron chi connectivity index (χ3n) is 1.45. The van der Waals surface area contributed by atoms with Gasteiger partial charge in [-0.15, -0.1) is 0 Å². The summed E-state index contributed by atoms with van der Waals surface area (Å²) in [5.41, 5.74) is 0.0207. The molecule has 0 aliphatic carbocycles. The van der Waals surface area contributed by atoms with Crippen molar-refractivity contribution in [3.05, 3.63) is 29.6 Å². The lowest BCUT2D eigenvalue weighted by molar-refractivity contribution is 0.102. The fourth-order valence-electron chi connectivity index (χ4n) is 0.776. The van der Waals surface area contributed by atoms with Gasteiger partial charge in [0.05, 0.1) is 5.33 Å². The van der Waals surface area contributed by atoms with Crippen molar-refractivity contribution in [3.8, 4) is 0 Å². The molecule has 0 aliphatic rings. The Labute approximate surface area is 82.1 Å². The van der Waals surface area contributed by atoms with Crippen LogP contribution < -0.4 is 0 Å². The van der Waals surface area contributed by atoms with Crippen molar-refractivity contribution in [3.63, 3.8) is 0 Å². The standard InChI is InChI=1S/C8H6BrF2NO/c9-3-7(13)5-1-2-6(8(10)11)12-4-5/h1-2,4,8H,3H2. The number of aromatic nitrogens is 1. The van der Waals surface area contributed by atoms with Gasteiger partial charge in [0.2, 0.25) is 0 Å². The molecule has 1 heterocycles. The predicted molar refractivity (Wildman–Crippen MR) is 47.3 cm³/mol. The first-order valence-corrected chi connectivity index (χ1v) is 4.60. The summed E-state index contributed by atoms with van der Waals surface area (Å²) in [6.07, 6.45) is -1.43. The monoisotopic (exact) mass is 249 g/mol. The van der Waals surface area contributed by atoms with Gasteiger partial charge in [-0.05, 0) is 12.1 Å². The summed E-state index contributed by atoms with van der Waals surface area (Å²) >= 11 is 2.97. The average molecular weight is 250 g/mol. The number of carbonyl (C=O) groups excluding carboxylic acids is 1. The Morgan fingerprint density at radius 1 is 1.54 bits per heavy atom. The quantitative estimate of drug-likeness (QED) is 0.609. The Hall–Kier alpha value is -0.840. The molecular formula is C8H6BrF2NO. The molecule has 0 atom stereocenters. The molecule has 0 N–H and O–H groups in total. The van der Waals surface area contributed by atoms with E-state index in [0.29, 0.717) is 5.56 Å². The van der Waals surface area contributed by atoms with Crippen LogP contribution in [0.2, 0.25) is 0 Å². The van der Waals surface area contributed by atoms with E-state index in [0.717, 1.165) is 12.3 Å². The van der Waals surface area contributed by atoms with Gasteiger partial charge in [-0.2, -0.15) is 0 Å². The molecular weight excluding hydrogens is 244 g/mol. The first kappa shape index (κ1) is 10.2. The molecule has 0 fully saturated rings. The maximum absolute atomic E-state index is 12.0. The summed E-state index contributed by atoms with van der Waals surface area (Å²) in [7, 11) is 0. The van der Waals surface area contributed by atoms with Crippen molar-refractivity contribution < 1.29 is 13.6 Å². The summed E-state index contributed by atoms with van der Waals surface area (Å²) in [6.45, 7) is 0. The summed E-state index contributed by atoms with van der Waals surface area (Å²) in [4.78, 5) is 14.5. The minimum absolute atomic E-state index is 0.169. The number of rotatable bonds is 3. The zero-order valence-corrected chi connectivity index (χ0v) is 8.09. The summed E-state index contributed by atoms with van der Waals surface area (Å²) in [5, 5.41) is 0.169. The van der Waals surface area contributed by atoms with Crippen LogP contribution >= 0.6 is 15.9 Å². The minimum atomic E-state index is -2.59. The van der Waals surface area contributed by atoms with Gasteiger partial charge >= 0.3 is 0 Å². The topological polar surface area (TPSA) is 30.0 Å². The Kier molecular flexibility index (Phi) is 3.48. The number of hydrogen-bond donors (Lipinski definition) is 0. The largest absolute Gasteiger partial charge is 0.293 e. The normalized spacial score (nSPS) is 10.5. The van der Waals surface area contributed by atoms with E-state index in [1.807, 2.05) is 0 Å². The van der Waals surface area contributed by atoms with Crippen LogP contribution in [-0.2, 0) is 0 Å². The molecule has 70 valence electrons. The van der Waals surface area contributed by atoms with E-state index in [1.165, 1.54) is 6.07 Å². The van der Waals surface area contributed by atoms with Gasteiger partial charge in [-0.3, -0.25) is 9.78 Å². The SMILES string of the molecule is O=C(CBr)c1ccc(C(F)F)nc1. The average Bonchev–Trinajstić information content (AvgIpc) is 2.17. The van der Waals surface area contributed by atoms with Gasteiger partial charge in [0.15, 0.2) is 5.78 Å². The molecule has 0 saturated heterocycles. The third-order valence-corrected chi connectivity index (χ3v) is 1.96. The van der Waals surface area contributed by atoms with Crippen LogP contribution in [0.5, 0.6) is 0 Å². The highest BCUT2D eigenvalue weighted by Gasteiger charge is 2.09. The van der Waals surface area contributed by atoms with Crippen LogP contribution in [0, 0.1) is 0 Å². The van der Waals surface area contributed by atoms with Crippen LogP contribution in [0.1, 0.15) is 22.5 Å². The lowest BCUT2D eigenvalue weighted by Gasteiger charge is -1.99. The Morgan fingerprint density at radius 3 is 2.62 bits per heavy atom. The number of pyridine rings is 1.